The number of rotatable bonds is 6. The molecule has 0 unspecified atom stereocenters. The van der Waals surface area contributed by atoms with Gasteiger partial charge in [-0.15, -0.1) is 0 Å². The van der Waals surface area contributed by atoms with Gasteiger partial charge >= 0.3 is 5.97 Å². The predicted octanol–water partition coefficient (Wildman–Crippen LogP) is 3.76. The molecule has 4 saturated carbocycles. The van der Waals surface area contributed by atoms with Gasteiger partial charge in [-0.3, -0.25) is 9.00 Å². The number of hydrogen-bond donors (Lipinski definition) is 0. The number of carbonyl (C=O) groups is 2. The zero-order valence-corrected chi connectivity index (χ0v) is 16.1. The molecule has 4 nitrogen and oxygen atoms in total. The molecule has 26 heavy (non-hydrogen) atoms. The summed E-state index contributed by atoms with van der Waals surface area (Å²) in [4.78, 5) is 26.0. The van der Waals surface area contributed by atoms with E-state index >= 15 is 0 Å². The molecule has 1 aromatic carbocycles. The predicted molar refractivity (Wildman–Crippen MR) is 99.3 cm³/mol. The fraction of sp³-hybridized carbons (Fsp3) is 0.619. The van der Waals surface area contributed by atoms with Crippen molar-refractivity contribution >= 4 is 22.6 Å². The Kier molecular flexibility index (Phi) is 4.76. The molecule has 0 radical (unpaired) electrons. The van der Waals surface area contributed by atoms with Crippen molar-refractivity contribution < 1.29 is 18.5 Å². The summed E-state index contributed by atoms with van der Waals surface area (Å²) < 4.78 is 17.5. The quantitative estimate of drug-likeness (QED) is 0.712. The van der Waals surface area contributed by atoms with Gasteiger partial charge in [0.15, 0.2) is 12.4 Å². The molecule has 0 spiro atoms. The maximum Gasteiger partial charge on any atom is 0.339 e. The van der Waals surface area contributed by atoms with E-state index in [1.807, 2.05) is 6.92 Å². The average molecular weight is 375 g/mol. The maximum atomic E-state index is 13.0. The molecule has 0 aliphatic heterocycles. The molecule has 0 N–H and O–H groups in total. The van der Waals surface area contributed by atoms with E-state index in [4.69, 9.17) is 4.74 Å². The second kappa shape index (κ2) is 6.91. The van der Waals surface area contributed by atoms with Gasteiger partial charge in [0.1, 0.15) is 0 Å². The summed E-state index contributed by atoms with van der Waals surface area (Å²) in [5, 5.41) is 0. The van der Waals surface area contributed by atoms with Gasteiger partial charge in [-0.25, -0.2) is 4.79 Å². The Bertz CT molecular complexity index is 719. The largest absolute Gasteiger partial charge is 0.454 e. The topological polar surface area (TPSA) is 60.4 Å². The highest BCUT2D eigenvalue weighted by Crippen LogP contribution is 2.60. The van der Waals surface area contributed by atoms with E-state index in [2.05, 4.69) is 0 Å². The van der Waals surface area contributed by atoms with Crippen LogP contribution in [0.3, 0.4) is 0 Å². The molecule has 4 bridgehead atoms. The monoisotopic (exact) mass is 374 g/mol. The fourth-order valence-electron chi connectivity index (χ4n) is 5.80. The number of Topliss-reactive ketones (excluding diaryl/α,β-unsaturated/α-hetero) is 1. The first-order valence-electron chi connectivity index (χ1n) is 9.68. The summed E-state index contributed by atoms with van der Waals surface area (Å²) in [6.45, 7) is 1.66. The summed E-state index contributed by atoms with van der Waals surface area (Å²) in [5.74, 6) is 2.06. The highest BCUT2D eigenvalue weighted by atomic mass is 32.2. The molecular formula is C21H26O4S. The van der Waals surface area contributed by atoms with Crippen LogP contribution in [0.25, 0.3) is 0 Å². The molecule has 4 aliphatic rings. The lowest BCUT2D eigenvalue weighted by Gasteiger charge is -2.55. The van der Waals surface area contributed by atoms with Crippen molar-refractivity contribution in [2.45, 2.75) is 50.3 Å². The standard InChI is InChI=1S/C21H26O4S/c1-2-26(24)18-6-4-3-5-17(18)20(23)25-13-19(22)21-10-14-7-15(11-21)9-16(8-14)12-21/h3-6,14-16H,2,7-13H2,1H3/t14?,15?,16?,21?,26-/m1/s1. The van der Waals surface area contributed by atoms with E-state index in [1.165, 1.54) is 19.3 Å². The van der Waals surface area contributed by atoms with Gasteiger partial charge in [0.05, 0.1) is 21.3 Å². The van der Waals surface area contributed by atoms with Crippen LogP contribution in [0.2, 0.25) is 0 Å². The van der Waals surface area contributed by atoms with Crippen molar-refractivity contribution in [3.8, 4) is 0 Å². The van der Waals surface area contributed by atoms with Crippen LogP contribution in [0.4, 0.5) is 0 Å². The third-order valence-electron chi connectivity index (χ3n) is 6.58. The summed E-state index contributed by atoms with van der Waals surface area (Å²) in [6, 6.07) is 6.81. The van der Waals surface area contributed by atoms with Crippen LogP contribution in [0, 0.1) is 23.2 Å². The normalized spacial score (nSPS) is 33.0. The fourth-order valence-corrected chi connectivity index (χ4v) is 6.74. The highest BCUT2D eigenvalue weighted by Gasteiger charge is 2.54. The first-order valence-corrected chi connectivity index (χ1v) is 11.0. The number of esters is 1. The van der Waals surface area contributed by atoms with Crippen molar-refractivity contribution in [3.63, 3.8) is 0 Å². The van der Waals surface area contributed by atoms with Crippen LogP contribution in [-0.4, -0.2) is 28.3 Å². The number of hydrogen-bond acceptors (Lipinski definition) is 4. The minimum absolute atomic E-state index is 0.0963. The number of ketones is 1. The van der Waals surface area contributed by atoms with E-state index in [1.54, 1.807) is 24.3 Å². The highest BCUT2D eigenvalue weighted by molar-refractivity contribution is 7.85. The zero-order chi connectivity index (χ0) is 18.3. The Hall–Kier alpha value is -1.49. The van der Waals surface area contributed by atoms with Crippen LogP contribution in [-0.2, 0) is 20.3 Å². The van der Waals surface area contributed by atoms with Gasteiger partial charge < -0.3 is 4.74 Å². The smallest absolute Gasteiger partial charge is 0.339 e. The Morgan fingerprint density at radius 3 is 2.23 bits per heavy atom. The van der Waals surface area contributed by atoms with Crippen molar-refractivity contribution in [2.24, 2.45) is 23.2 Å². The van der Waals surface area contributed by atoms with Crippen LogP contribution >= 0.6 is 0 Å². The lowest BCUT2D eigenvalue weighted by atomic mass is 9.48. The molecule has 0 amide bonds. The van der Waals surface area contributed by atoms with E-state index in [0.29, 0.717) is 34.0 Å². The van der Waals surface area contributed by atoms with Gasteiger partial charge in [0.25, 0.3) is 0 Å². The van der Waals surface area contributed by atoms with Crippen molar-refractivity contribution in [2.75, 3.05) is 12.4 Å². The Morgan fingerprint density at radius 2 is 1.65 bits per heavy atom. The van der Waals surface area contributed by atoms with E-state index < -0.39 is 16.8 Å². The summed E-state index contributed by atoms with van der Waals surface area (Å²) in [6.07, 6.45) is 6.77. The van der Waals surface area contributed by atoms with Crippen LogP contribution in [0.15, 0.2) is 29.2 Å². The molecular weight excluding hydrogens is 348 g/mol. The number of benzene rings is 1. The second-order valence-electron chi connectivity index (χ2n) is 8.33. The lowest BCUT2D eigenvalue weighted by Crippen LogP contribution is -2.51. The van der Waals surface area contributed by atoms with Gasteiger partial charge in [-0.1, -0.05) is 19.1 Å². The van der Waals surface area contributed by atoms with Crippen molar-refractivity contribution in [1.29, 1.82) is 0 Å². The van der Waals surface area contributed by atoms with Gasteiger partial charge in [-0.05, 0) is 68.4 Å². The van der Waals surface area contributed by atoms with Gasteiger partial charge in [0, 0.05) is 11.2 Å². The Balaban J connectivity index is 1.44. The minimum Gasteiger partial charge on any atom is -0.454 e. The second-order valence-corrected chi connectivity index (χ2v) is 10.0. The Morgan fingerprint density at radius 1 is 1.08 bits per heavy atom. The summed E-state index contributed by atoms with van der Waals surface area (Å²) in [7, 11) is -1.23. The molecule has 4 aliphatic carbocycles. The van der Waals surface area contributed by atoms with Crippen molar-refractivity contribution in [1.82, 2.24) is 0 Å². The van der Waals surface area contributed by atoms with Gasteiger partial charge in [0.2, 0.25) is 0 Å². The molecule has 4 fully saturated rings. The third kappa shape index (κ3) is 3.15. The van der Waals surface area contributed by atoms with Crippen LogP contribution < -0.4 is 0 Å². The summed E-state index contributed by atoms with van der Waals surface area (Å²) >= 11 is 0. The van der Waals surface area contributed by atoms with E-state index in [0.717, 1.165) is 19.3 Å². The van der Waals surface area contributed by atoms with Gasteiger partial charge in [-0.2, -0.15) is 0 Å². The van der Waals surface area contributed by atoms with E-state index in [-0.39, 0.29) is 17.8 Å². The Labute approximate surface area is 157 Å². The van der Waals surface area contributed by atoms with E-state index in [9.17, 15) is 13.8 Å². The molecule has 0 aromatic heterocycles. The first kappa shape index (κ1) is 17.9. The molecule has 140 valence electrons. The maximum absolute atomic E-state index is 13.0. The molecule has 5 heteroatoms. The minimum atomic E-state index is -1.23. The molecule has 1 aromatic rings. The molecule has 5 rings (SSSR count). The van der Waals surface area contributed by atoms with Crippen LogP contribution in [0.5, 0.6) is 0 Å². The molecule has 0 saturated heterocycles. The molecule has 1 atom stereocenters. The molecule has 0 heterocycles. The summed E-state index contributed by atoms with van der Waals surface area (Å²) in [5.41, 5.74) is 0.0619. The number of carbonyl (C=O) groups excluding carboxylic acids is 2. The number of ether oxygens (including phenoxy) is 1. The average Bonchev–Trinajstić information content (AvgIpc) is 2.64. The van der Waals surface area contributed by atoms with Crippen LogP contribution in [0.1, 0.15) is 55.8 Å². The SMILES string of the molecule is CC[S@@](=O)c1ccccc1C(=O)OCC(=O)C12CC3CC(CC(C3)C1)C2. The lowest BCUT2D eigenvalue weighted by molar-refractivity contribution is -0.147. The first-order chi connectivity index (χ1) is 12.5. The van der Waals surface area contributed by atoms with Crippen molar-refractivity contribution in [3.05, 3.63) is 29.8 Å². The zero-order valence-electron chi connectivity index (χ0n) is 15.2. The third-order valence-corrected chi connectivity index (χ3v) is 7.95.